The van der Waals surface area contributed by atoms with Crippen molar-refractivity contribution in [3.05, 3.63) is 95.7 Å². The van der Waals surface area contributed by atoms with Gasteiger partial charge in [-0.15, -0.1) is 0 Å². The van der Waals surface area contributed by atoms with Crippen molar-refractivity contribution in [3.63, 3.8) is 0 Å². The largest absolute Gasteiger partial charge is 0.462 e. The van der Waals surface area contributed by atoms with Gasteiger partial charge in [0.2, 0.25) is 0 Å². The topological polar surface area (TPSA) is 51.3 Å². The second kappa shape index (κ2) is 8.93. The number of hydrogen-bond acceptors (Lipinski definition) is 3. The number of aromatic nitrogens is 1. The first kappa shape index (κ1) is 25.1. The van der Waals surface area contributed by atoms with Crippen LogP contribution in [0, 0.1) is 17.3 Å². The molecule has 1 N–H and O–H groups in total. The van der Waals surface area contributed by atoms with E-state index in [1.807, 2.05) is 13.0 Å². The van der Waals surface area contributed by atoms with E-state index in [2.05, 4.69) is 91.6 Å². The molecule has 1 aliphatic heterocycles. The van der Waals surface area contributed by atoms with Crippen LogP contribution in [0.15, 0.2) is 78.9 Å². The number of fused-ring (bicyclic) bond motifs is 8. The standard InChI is InChI=1S/C37H37NO3/c1-36(2)23-19-30(36)34(29-18-22-10-4-5-11-24(22)25-12-6-7-13-26(25)29)32(20-23)41-33(39)21-37(3)35-28(16-17-40-37)27-14-8-9-15-31(27)38-35/h4-15,18,23,30,32,34,38H,16-17,19-21H2,1-3H3/t23-,30+,32+,34+,37?/m1/s1. The highest BCUT2D eigenvalue weighted by Crippen LogP contribution is 2.65. The van der Waals surface area contributed by atoms with Gasteiger partial charge in [-0.05, 0) is 82.2 Å². The highest BCUT2D eigenvalue weighted by molar-refractivity contribution is 6.09. The molecule has 2 heterocycles. The van der Waals surface area contributed by atoms with Gasteiger partial charge in [0.05, 0.1) is 18.7 Å². The smallest absolute Gasteiger partial charge is 0.309 e. The summed E-state index contributed by atoms with van der Waals surface area (Å²) in [7, 11) is 0. The molecule has 0 spiro atoms. The van der Waals surface area contributed by atoms with Gasteiger partial charge in [-0.3, -0.25) is 4.79 Å². The van der Waals surface area contributed by atoms with Crippen LogP contribution in [0.3, 0.4) is 0 Å². The molecule has 4 aromatic carbocycles. The van der Waals surface area contributed by atoms with E-state index >= 15 is 0 Å². The molecule has 0 saturated heterocycles. The van der Waals surface area contributed by atoms with Gasteiger partial charge in [0, 0.05) is 16.8 Å². The van der Waals surface area contributed by atoms with E-state index < -0.39 is 5.60 Å². The Morgan fingerprint density at radius 1 is 0.902 bits per heavy atom. The monoisotopic (exact) mass is 543 g/mol. The molecule has 4 heteroatoms. The normalized spacial score (nSPS) is 28.4. The molecular formula is C37H37NO3. The second-order valence-corrected chi connectivity index (χ2v) is 13.4. The highest BCUT2D eigenvalue weighted by atomic mass is 16.5. The van der Waals surface area contributed by atoms with Crippen molar-refractivity contribution in [2.24, 2.45) is 17.3 Å². The first-order valence-corrected chi connectivity index (χ1v) is 15.2. The average Bonchev–Trinajstić information content (AvgIpc) is 3.37. The number of benzene rings is 4. The van der Waals surface area contributed by atoms with Gasteiger partial charge in [-0.25, -0.2) is 0 Å². The maximum atomic E-state index is 13.8. The van der Waals surface area contributed by atoms with Crippen LogP contribution < -0.4 is 0 Å². The summed E-state index contributed by atoms with van der Waals surface area (Å²) in [6.07, 6.45) is 3.02. The Morgan fingerprint density at radius 3 is 2.41 bits per heavy atom. The number of aromatic amines is 1. The zero-order chi connectivity index (χ0) is 27.9. The number of esters is 1. The third kappa shape index (κ3) is 3.73. The summed E-state index contributed by atoms with van der Waals surface area (Å²) in [4.78, 5) is 17.4. The number of carbonyl (C=O) groups excluding carboxylic acids is 1. The van der Waals surface area contributed by atoms with Crippen LogP contribution in [0.4, 0.5) is 0 Å². The molecule has 5 atom stereocenters. The van der Waals surface area contributed by atoms with Crippen LogP contribution in [-0.4, -0.2) is 23.7 Å². The van der Waals surface area contributed by atoms with Crippen LogP contribution in [0.1, 0.15) is 62.8 Å². The van der Waals surface area contributed by atoms with E-state index in [-0.39, 0.29) is 29.8 Å². The zero-order valence-corrected chi connectivity index (χ0v) is 24.1. The Hall–Kier alpha value is -3.63. The van der Waals surface area contributed by atoms with E-state index in [1.165, 1.54) is 44.5 Å². The Labute approximate surface area is 241 Å². The second-order valence-electron chi connectivity index (χ2n) is 13.4. The van der Waals surface area contributed by atoms with E-state index in [4.69, 9.17) is 9.47 Å². The van der Waals surface area contributed by atoms with E-state index in [1.54, 1.807) is 0 Å². The maximum Gasteiger partial charge on any atom is 0.309 e. The van der Waals surface area contributed by atoms with E-state index in [0.29, 0.717) is 18.4 Å². The lowest BCUT2D eigenvalue weighted by molar-refractivity contribution is -0.181. The minimum atomic E-state index is -0.730. The molecule has 1 aromatic heterocycles. The first-order chi connectivity index (χ1) is 19.8. The van der Waals surface area contributed by atoms with Crippen molar-refractivity contribution < 1.29 is 14.3 Å². The zero-order valence-electron chi connectivity index (χ0n) is 24.1. The molecule has 3 aliphatic carbocycles. The Balaban J connectivity index is 1.15. The summed E-state index contributed by atoms with van der Waals surface area (Å²) < 4.78 is 12.9. The highest BCUT2D eigenvalue weighted by Gasteiger charge is 2.59. The van der Waals surface area contributed by atoms with Crippen molar-refractivity contribution >= 4 is 38.4 Å². The summed E-state index contributed by atoms with van der Waals surface area (Å²) in [5, 5.41) is 6.31. The van der Waals surface area contributed by atoms with Crippen molar-refractivity contribution in [1.29, 1.82) is 0 Å². The van der Waals surface area contributed by atoms with Crippen molar-refractivity contribution in [2.75, 3.05) is 6.61 Å². The van der Waals surface area contributed by atoms with Gasteiger partial charge in [0.25, 0.3) is 0 Å². The van der Waals surface area contributed by atoms with Crippen LogP contribution in [0.5, 0.6) is 0 Å². The molecule has 0 radical (unpaired) electrons. The summed E-state index contributed by atoms with van der Waals surface area (Å²) in [5.41, 5.74) is 4.21. The number of rotatable bonds is 4. The molecule has 5 aromatic rings. The summed E-state index contributed by atoms with van der Waals surface area (Å²) in [6.45, 7) is 7.46. The molecule has 9 rings (SSSR count). The number of carbonyl (C=O) groups is 1. The first-order valence-electron chi connectivity index (χ1n) is 15.2. The maximum absolute atomic E-state index is 13.8. The third-order valence-corrected chi connectivity index (χ3v) is 10.9. The number of para-hydroxylation sites is 1. The SMILES string of the molecule is CC1(CC(=O)O[C@H]2C[C@H]3C[C@@H]([C@@H]2c2cc4ccccc4c4ccccc24)C3(C)C)OCCc2c1[nH]c1ccccc21. The van der Waals surface area contributed by atoms with Crippen LogP contribution in [0.2, 0.25) is 0 Å². The third-order valence-electron chi connectivity index (χ3n) is 10.9. The molecule has 4 aliphatic rings. The quantitative estimate of drug-likeness (QED) is 0.183. The average molecular weight is 544 g/mol. The van der Waals surface area contributed by atoms with Crippen molar-refractivity contribution in [1.82, 2.24) is 4.98 Å². The minimum absolute atomic E-state index is 0.141. The number of ether oxygens (including phenoxy) is 2. The molecule has 2 bridgehead atoms. The fourth-order valence-electron chi connectivity index (χ4n) is 8.64. The van der Waals surface area contributed by atoms with E-state index in [0.717, 1.165) is 24.1 Å². The van der Waals surface area contributed by atoms with Crippen LogP contribution in [-0.2, 0) is 26.3 Å². The van der Waals surface area contributed by atoms with Crippen molar-refractivity contribution in [2.45, 2.75) is 64.1 Å². The number of nitrogens with one attached hydrogen (secondary N) is 1. The predicted molar refractivity (Wildman–Crippen MR) is 164 cm³/mol. The molecule has 0 amide bonds. The van der Waals surface area contributed by atoms with Gasteiger partial charge < -0.3 is 14.5 Å². The molecule has 208 valence electrons. The molecular weight excluding hydrogens is 506 g/mol. The summed E-state index contributed by atoms with van der Waals surface area (Å²) in [6, 6.07) is 28.2. The predicted octanol–water partition coefficient (Wildman–Crippen LogP) is 8.41. The van der Waals surface area contributed by atoms with Gasteiger partial charge in [-0.1, -0.05) is 86.6 Å². The molecule has 3 saturated carbocycles. The van der Waals surface area contributed by atoms with Crippen LogP contribution in [0.25, 0.3) is 32.4 Å². The lowest BCUT2D eigenvalue weighted by Crippen LogP contribution is -2.57. The Kier molecular flexibility index (Phi) is 5.47. The molecule has 41 heavy (non-hydrogen) atoms. The van der Waals surface area contributed by atoms with E-state index in [9.17, 15) is 4.79 Å². The summed E-state index contributed by atoms with van der Waals surface area (Å²) >= 11 is 0. The van der Waals surface area contributed by atoms with Gasteiger partial charge >= 0.3 is 5.97 Å². The Morgan fingerprint density at radius 2 is 1.61 bits per heavy atom. The lowest BCUT2D eigenvalue weighted by atomic mass is 9.44. The molecule has 1 unspecified atom stereocenters. The molecule has 3 fully saturated rings. The van der Waals surface area contributed by atoms with Crippen LogP contribution >= 0.6 is 0 Å². The van der Waals surface area contributed by atoms with Gasteiger partial charge in [0.1, 0.15) is 11.7 Å². The fourth-order valence-corrected chi connectivity index (χ4v) is 8.64. The fraction of sp³-hybridized carbons (Fsp3) is 0.378. The molecule has 4 nitrogen and oxygen atoms in total. The number of H-pyrrole nitrogens is 1. The summed E-state index contributed by atoms with van der Waals surface area (Å²) in [5.74, 6) is 1.05. The minimum Gasteiger partial charge on any atom is -0.462 e. The van der Waals surface area contributed by atoms with Gasteiger partial charge in [-0.2, -0.15) is 0 Å². The Bertz CT molecular complexity index is 1830. The van der Waals surface area contributed by atoms with Gasteiger partial charge in [0.15, 0.2) is 0 Å². The van der Waals surface area contributed by atoms with Crippen molar-refractivity contribution in [3.8, 4) is 0 Å². The lowest BCUT2D eigenvalue weighted by Gasteiger charge is -2.62. The number of hydrogen-bond donors (Lipinski definition) is 1.